The predicted molar refractivity (Wildman–Crippen MR) is 151 cm³/mol. The number of carbonyl (C=O) groups excluding carboxylic acids is 1. The summed E-state index contributed by atoms with van der Waals surface area (Å²) in [6.07, 6.45) is 5.86. The lowest BCUT2D eigenvalue weighted by molar-refractivity contribution is 0.0820. The van der Waals surface area contributed by atoms with Crippen LogP contribution in [0.5, 0.6) is 0 Å². The minimum atomic E-state index is -0.520. The van der Waals surface area contributed by atoms with Crippen molar-refractivity contribution in [2.75, 3.05) is 31.4 Å². The molecule has 9 nitrogen and oxygen atoms in total. The molecule has 1 amide bonds. The Bertz CT molecular complexity index is 1580. The van der Waals surface area contributed by atoms with Crippen molar-refractivity contribution in [3.8, 4) is 17.3 Å². The molecule has 2 heterocycles. The van der Waals surface area contributed by atoms with E-state index in [4.69, 9.17) is 10.2 Å². The molecule has 38 heavy (non-hydrogen) atoms. The number of H-pyrrole nitrogens is 1. The molecule has 2 aromatic carbocycles. The van der Waals surface area contributed by atoms with Crippen molar-refractivity contribution in [2.45, 2.75) is 38.1 Å². The summed E-state index contributed by atoms with van der Waals surface area (Å²) in [7, 11) is 5.29. The number of hydrogen-bond donors (Lipinski definition) is 2. The van der Waals surface area contributed by atoms with Gasteiger partial charge in [-0.2, -0.15) is 5.26 Å². The number of thiazole rings is 1. The molecule has 0 bridgehead atoms. The number of hydrogen-bond acceptors (Lipinski definition) is 8. The largest absolute Gasteiger partial charge is 0.370 e. The van der Waals surface area contributed by atoms with Crippen LogP contribution >= 0.6 is 11.3 Å². The standard InChI is InChI=1S/C28H29N7O2S/c1-34(2)27(37)25-26(36)31-20-13-22(24(14-21(20)30-25)35(3)19-7-5-4-6-8-19)32-28-33-23(16-38-28)18-11-9-17(15-29)10-12-18/h9-14,16,19H,4-8H2,1-3H3,(H,31,36)(H,32,33). The van der Waals surface area contributed by atoms with E-state index in [2.05, 4.69) is 33.3 Å². The molecule has 4 aromatic rings. The van der Waals surface area contributed by atoms with E-state index < -0.39 is 11.5 Å². The van der Waals surface area contributed by atoms with E-state index in [0.29, 0.717) is 27.8 Å². The summed E-state index contributed by atoms with van der Waals surface area (Å²) in [5.41, 5.74) is 4.52. The van der Waals surface area contributed by atoms with Crippen molar-refractivity contribution < 1.29 is 4.79 Å². The van der Waals surface area contributed by atoms with Crippen LogP contribution in [0.1, 0.15) is 48.2 Å². The van der Waals surface area contributed by atoms with Crippen LogP contribution in [-0.4, -0.2) is 52.9 Å². The third-order valence-corrected chi connectivity index (χ3v) is 7.73. The molecule has 1 aliphatic rings. The van der Waals surface area contributed by atoms with Gasteiger partial charge in [-0.15, -0.1) is 11.3 Å². The van der Waals surface area contributed by atoms with Crippen LogP contribution in [0.15, 0.2) is 46.6 Å². The molecule has 0 aliphatic heterocycles. The first-order chi connectivity index (χ1) is 18.3. The summed E-state index contributed by atoms with van der Waals surface area (Å²) >= 11 is 1.48. The molecule has 194 valence electrons. The third kappa shape index (κ3) is 5.10. The molecule has 5 rings (SSSR count). The van der Waals surface area contributed by atoms with Gasteiger partial charge in [0.05, 0.1) is 39.7 Å². The van der Waals surface area contributed by atoms with Crippen LogP contribution in [0.2, 0.25) is 0 Å². The highest BCUT2D eigenvalue weighted by Crippen LogP contribution is 2.37. The van der Waals surface area contributed by atoms with Crippen molar-refractivity contribution in [1.82, 2.24) is 19.9 Å². The lowest BCUT2D eigenvalue weighted by atomic mass is 9.94. The molecule has 1 aliphatic carbocycles. The summed E-state index contributed by atoms with van der Waals surface area (Å²) in [6.45, 7) is 0. The fraction of sp³-hybridized carbons (Fsp3) is 0.321. The molecule has 0 unspecified atom stereocenters. The molecule has 0 saturated heterocycles. The zero-order valence-corrected chi connectivity index (χ0v) is 22.4. The second-order valence-electron chi connectivity index (χ2n) is 9.76. The van der Waals surface area contributed by atoms with Gasteiger partial charge in [-0.3, -0.25) is 9.59 Å². The molecule has 0 radical (unpaired) electrons. The zero-order valence-electron chi connectivity index (χ0n) is 21.6. The van der Waals surface area contributed by atoms with Crippen molar-refractivity contribution in [3.05, 3.63) is 63.4 Å². The maximum atomic E-state index is 12.7. The number of aromatic nitrogens is 3. The van der Waals surface area contributed by atoms with Gasteiger partial charge in [-0.05, 0) is 37.1 Å². The normalized spacial score (nSPS) is 13.7. The first-order valence-corrected chi connectivity index (χ1v) is 13.5. The van der Waals surface area contributed by atoms with Crippen LogP contribution in [-0.2, 0) is 0 Å². The van der Waals surface area contributed by atoms with E-state index in [1.165, 1.54) is 35.5 Å². The first-order valence-electron chi connectivity index (χ1n) is 12.6. The Morgan fingerprint density at radius 1 is 1.11 bits per heavy atom. The van der Waals surface area contributed by atoms with E-state index in [9.17, 15) is 9.59 Å². The van der Waals surface area contributed by atoms with Crippen molar-refractivity contribution >= 4 is 44.8 Å². The predicted octanol–water partition coefficient (Wildman–Crippen LogP) is 5.13. The molecule has 0 spiro atoms. The summed E-state index contributed by atoms with van der Waals surface area (Å²) in [5.74, 6) is -0.435. The quantitative estimate of drug-likeness (QED) is 0.357. The number of benzene rings is 2. The Balaban J connectivity index is 1.55. The number of nitriles is 1. The lowest BCUT2D eigenvalue weighted by Crippen LogP contribution is -2.34. The highest BCUT2D eigenvalue weighted by atomic mass is 32.1. The third-order valence-electron chi connectivity index (χ3n) is 6.98. The van der Waals surface area contributed by atoms with Crippen LogP contribution in [0, 0.1) is 11.3 Å². The van der Waals surface area contributed by atoms with Gasteiger partial charge < -0.3 is 20.1 Å². The Kier molecular flexibility index (Phi) is 7.11. The molecule has 2 N–H and O–H groups in total. The van der Waals surface area contributed by atoms with Crippen molar-refractivity contribution in [1.29, 1.82) is 5.26 Å². The molecular formula is C28H29N7O2S. The van der Waals surface area contributed by atoms with Crippen LogP contribution < -0.4 is 15.8 Å². The Morgan fingerprint density at radius 3 is 2.53 bits per heavy atom. The van der Waals surface area contributed by atoms with Gasteiger partial charge in [0.1, 0.15) is 0 Å². The van der Waals surface area contributed by atoms with Crippen LogP contribution in [0.25, 0.3) is 22.3 Å². The molecule has 10 heteroatoms. The molecule has 1 fully saturated rings. The SMILES string of the molecule is CN(C)C(=O)c1nc2cc(N(C)C3CCCCC3)c(Nc3nc(-c4ccc(C#N)cc4)cs3)cc2[nH]c1=O. The van der Waals surface area contributed by atoms with E-state index in [1.807, 2.05) is 29.6 Å². The number of nitrogens with zero attached hydrogens (tertiary/aromatic N) is 5. The Morgan fingerprint density at radius 2 is 1.84 bits per heavy atom. The Hall–Kier alpha value is -4.23. The average Bonchev–Trinajstić information content (AvgIpc) is 3.40. The van der Waals surface area contributed by atoms with Crippen LogP contribution in [0.3, 0.4) is 0 Å². The van der Waals surface area contributed by atoms with Crippen LogP contribution in [0.4, 0.5) is 16.5 Å². The molecule has 2 aromatic heterocycles. The minimum Gasteiger partial charge on any atom is -0.370 e. The van der Waals surface area contributed by atoms with E-state index >= 15 is 0 Å². The second kappa shape index (κ2) is 10.6. The number of aromatic amines is 1. The number of carbonyl (C=O) groups is 1. The zero-order chi connectivity index (χ0) is 26.8. The summed E-state index contributed by atoms with van der Waals surface area (Å²) < 4.78 is 0. The summed E-state index contributed by atoms with van der Waals surface area (Å²) in [5, 5.41) is 15.2. The monoisotopic (exact) mass is 527 g/mol. The van der Waals surface area contributed by atoms with Crippen molar-refractivity contribution in [3.63, 3.8) is 0 Å². The molecule has 0 atom stereocenters. The van der Waals surface area contributed by atoms with E-state index in [1.54, 1.807) is 26.2 Å². The van der Waals surface area contributed by atoms with Gasteiger partial charge >= 0.3 is 0 Å². The van der Waals surface area contributed by atoms with Gasteiger partial charge in [0.15, 0.2) is 10.8 Å². The first kappa shape index (κ1) is 25.4. The Labute approximate surface area is 224 Å². The molecular weight excluding hydrogens is 498 g/mol. The molecule has 1 saturated carbocycles. The number of rotatable bonds is 6. The van der Waals surface area contributed by atoms with E-state index in [0.717, 1.165) is 35.5 Å². The summed E-state index contributed by atoms with van der Waals surface area (Å²) in [4.78, 5) is 40.9. The maximum Gasteiger partial charge on any atom is 0.280 e. The number of amides is 1. The smallest absolute Gasteiger partial charge is 0.280 e. The van der Waals surface area contributed by atoms with Gasteiger partial charge in [0, 0.05) is 38.1 Å². The average molecular weight is 528 g/mol. The van der Waals surface area contributed by atoms with Gasteiger partial charge in [0.25, 0.3) is 11.5 Å². The van der Waals surface area contributed by atoms with Gasteiger partial charge in [0.2, 0.25) is 0 Å². The highest BCUT2D eigenvalue weighted by Gasteiger charge is 2.23. The van der Waals surface area contributed by atoms with Crippen molar-refractivity contribution in [2.24, 2.45) is 0 Å². The summed E-state index contributed by atoms with van der Waals surface area (Å²) in [6, 6.07) is 13.7. The fourth-order valence-electron chi connectivity index (χ4n) is 4.83. The van der Waals surface area contributed by atoms with E-state index in [-0.39, 0.29) is 5.69 Å². The number of anilines is 3. The maximum absolute atomic E-state index is 12.7. The minimum absolute atomic E-state index is 0.124. The fourth-order valence-corrected chi connectivity index (χ4v) is 5.56. The van der Waals surface area contributed by atoms with Gasteiger partial charge in [-0.25, -0.2) is 9.97 Å². The number of fused-ring (bicyclic) bond motifs is 1. The topological polar surface area (TPSA) is 118 Å². The highest BCUT2D eigenvalue weighted by molar-refractivity contribution is 7.14. The second-order valence-corrected chi connectivity index (χ2v) is 10.6. The van der Waals surface area contributed by atoms with Gasteiger partial charge in [-0.1, -0.05) is 31.4 Å². The number of nitrogens with one attached hydrogen (secondary N) is 2. The lowest BCUT2D eigenvalue weighted by Gasteiger charge is -2.34.